The van der Waals surface area contributed by atoms with E-state index in [9.17, 15) is 19.0 Å². The average molecular weight is 926 g/mol. The summed E-state index contributed by atoms with van der Waals surface area (Å²) in [6.07, 6.45) is 58.4. The average Bonchev–Trinajstić information content (AvgIpc) is 3.28. The van der Waals surface area contributed by atoms with E-state index in [2.05, 4.69) is 38.2 Å². The van der Waals surface area contributed by atoms with Crippen molar-refractivity contribution in [2.24, 2.45) is 5.73 Å². The van der Waals surface area contributed by atoms with Crippen LogP contribution in [0.5, 0.6) is 0 Å². The molecule has 0 aromatic rings. The molecule has 0 radical (unpaired) electrons. The van der Waals surface area contributed by atoms with E-state index in [1.165, 1.54) is 186 Å². The summed E-state index contributed by atoms with van der Waals surface area (Å²) in [4.78, 5) is 34.9. The molecule has 9 nitrogen and oxygen atoms in total. The van der Waals surface area contributed by atoms with E-state index in [0.29, 0.717) is 6.42 Å². The van der Waals surface area contributed by atoms with Crippen molar-refractivity contribution in [1.82, 2.24) is 0 Å². The summed E-state index contributed by atoms with van der Waals surface area (Å²) >= 11 is 0. The van der Waals surface area contributed by atoms with Gasteiger partial charge in [0.05, 0.1) is 13.2 Å². The standard InChI is InChI=1S/C54H104NO8P/c1-3-5-7-9-11-13-15-16-17-18-19-20-21-22-23-24-25-26-27-28-29-30-31-32-33-34-35-36-37-39-41-43-45-47-54(57)63-52(51-62-64(58,59)61-49-48-55)50-60-53(56)46-44-42-40-38-14-12-10-8-6-4-2/h8,10,18-19,52H,3-7,9,11-17,20-51,55H2,1-2H3,(H,58,59)/b10-8-,19-18-. The van der Waals surface area contributed by atoms with Gasteiger partial charge in [-0.1, -0.05) is 231 Å². The van der Waals surface area contributed by atoms with Gasteiger partial charge in [0.25, 0.3) is 0 Å². The van der Waals surface area contributed by atoms with Crippen LogP contribution < -0.4 is 5.73 Å². The van der Waals surface area contributed by atoms with Crippen molar-refractivity contribution in [3.8, 4) is 0 Å². The zero-order valence-corrected chi connectivity index (χ0v) is 42.9. The number of esters is 2. The van der Waals surface area contributed by atoms with Gasteiger partial charge in [0.15, 0.2) is 6.10 Å². The van der Waals surface area contributed by atoms with Crippen molar-refractivity contribution in [3.05, 3.63) is 24.3 Å². The number of hydrogen-bond acceptors (Lipinski definition) is 8. The van der Waals surface area contributed by atoms with Crippen molar-refractivity contribution in [3.63, 3.8) is 0 Å². The normalized spacial score (nSPS) is 13.2. The Morgan fingerprint density at radius 2 is 0.797 bits per heavy atom. The van der Waals surface area contributed by atoms with Gasteiger partial charge >= 0.3 is 19.8 Å². The third-order valence-corrected chi connectivity index (χ3v) is 13.0. The summed E-state index contributed by atoms with van der Waals surface area (Å²) in [5, 5.41) is 0. The van der Waals surface area contributed by atoms with Crippen LogP contribution in [0, 0.1) is 0 Å². The highest BCUT2D eigenvalue weighted by Crippen LogP contribution is 2.43. The second kappa shape index (κ2) is 50.9. The van der Waals surface area contributed by atoms with Gasteiger partial charge in [-0.2, -0.15) is 0 Å². The second-order valence-electron chi connectivity index (χ2n) is 18.4. The molecule has 0 saturated heterocycles. The molecule has 0 aliphatic rings. The maximum atomic E-state index is 12.6. The highest BCUT2D eigenvalue weighted by Gasteiger charge is 2.26. The van der Waals surface area contributed by atoms with Gasteiger partial charge in [-0.15, -0.1) is 0 Å². The first-order valence-corrected chi connectivity index (χ1v) is 28.8. The summed E-state index contributed by atoms with van der Waals surface area (Å²) < 4.78 is 32.8. The molecule has 10 heteroatoms. The Morgan fingerprint density at radius 3 is 1.17 bits per heavy atom. The molecule has 3 N–H and O–H groups in total. The van der Waals surface area contributed by atoms with E-state index in [4.69, 9.17) is 24.3 Å². The Morgan fingerprint density at radius 1 is 0.453 bits per heavy atom. The SMILES string of the molecule is CCC/C=C\CCCCCCCC(=O)OCC(COP(=O)(O)OCCN)OC(=O)CCCCCCCCCCCCCCCCCCCCCCC/C=C\CCCCCCCCCC. The van der Waals surface area contributed by atoms with E-state index >= 15 is 0 Å². The summed E-state index contributed by atoms with van der Waals surface area (Å²) in [5.74, 6) is -0.829. The third-order valence-electron chi connectivity index (χ3n) is 12.0. The van der Waals surface area contributed by atoms with Crippen LogP contribution in [0.3, 0.4) is 0 Å². The van der Waals surface area contributed by atoms with E-state index in [1.807, 2.05) is 0 Å². The Kier molecular flexibility index (Phi) is 49.7. The smallest absolute Gasteiger partial charge is 0.462 e. The molecular weight excluding hydrogens is 822 g/mol. The number of carbonyl (C=O) groups is 2. The maximum absolute atomic E-state index is 12.6. The molecular formula is C54H104NO8P. The predicted molar refractivity (Wildman–Crippen MR) is 271 cm³/mol. The van der Waals surface area contributed by atoms with Gasteiger partial charge in [0.2, 0.25) is 0 Å². The van der Waals surface area contributed by atoms with Gasteiger partial charge in [-0.05, 0) is 57.8 Å². The molecule has 378 valence electrons. The predicted octanol–water partition coefficient (Wildman–Crippen LogP) is 16.7. The van der Waals surface area contributed by atoms with Gasteiger partial charge < -0.3 is 20.1 Å². The zero-order valence-electron chi connectivity index (χ0n) is 42.0. The van der Waals surface area contributed by atoms with E-state index in [1.54, 1.807) is 0 Å². The molecule has 0 aromatic carbocycles. The summed E-state index contributed by atoms with van der Waals surface area (Å²) in [5.41, 5.74) is 5.36. The highest BCUT2D eigenvalue weighted by molar-refractivity contribution is 7.47. The van der Waals surface area contributed by atoms with Crippen LogP contribution in [0.15, 0.2) is 24.3 Å². The first kappa shape index (κ1) is 62.5. The molecule has 0 aliphatic carbocycles. The Hall–Kier alpha value is -1.51. The first-order chi connectivity index (χ1) is 31.3. The lowest BCUT2D eigenvalue weighted by molar-refractivity contribution is -0.161. The lowest BCUT2D eigenvalue weighted by atomic mass is 10.0. The quantitative estimate of drug-likeness (QED) is 0.0265. The number of rotatable bonds is 52. The molecule has 0 spiro atoms. The number of allylic oxidation sites excluding steroid dienone is 4. The van der Waals surface area contributed by atoms with Crippen LogP contribution in [-0.4, -0.2) is 49.3 Å². The van der Waals surface area contributed by atoms with Crippen LogP contribution in [0.25, 0.3) is 0 Å². The third kappa shape index (κ3) is 49.9. The summed E-state index contributed by atoms with van der Waals surface area (Å²) in [6, 6.07) is 0. The minimum atomic E-state index is -4.38. The van der Waals surface area contributed by atoms with Crippen LogP contribution in [0.4, 0.5) is 0 Å². The fourth-order valence-electron chi connectivity index (χ4n) is 7.99. The first-order valence-electron chi connectivity index (χ1n) is 27.3. The molecule has 0 aromatic heterocycles. The Bertz CT molecular complexity index is 1100. The van der Waals surface area contributed by atoms with Crippen LogP contribution in [0.1, 0.15) is 277 Å². The van der Waals surface area contributed by atoms with Crippen molar-refractivity contribution in [2.45, 2.75) is 283 Å². The van der Waals surface area contributed by atoms with Gasteiger partial charge in [-0.25, -0.2) is 4.57 Å². The molecule has 0 fully saturated rings. The number of phosphoric acid groups is 1. The van der Waals surface area contributed by atoms with Crippen LogP contribution in [-0.2, 0) is 32.7 Å². The molecule has 0 rings (SSSR count). The van der Waals surface area contributed by atoms with Crippen LogP contribution >= 0.6 is 7.82 Å². The van der Waals surface area contributed by atoms with Crippen LogP contribution in [0.2, 0.25) is 0 Å². The van der Waals surface area contributed by atoms with Crippen molar-refractivity contribution < 1.29 is 37.6 Å². The number of carbonyl (C=O) groups excluding carboxylic acids is 2. The number of unbranched alkanes of at least 4 members (excludes halogenated alkanes) is 35. The van der Waals surface area contributed by atoms with Gasteiger partial charge in [-0.3, -0.25) is 18.6 Å². The monoisotopic (exact) mass is 926 g/mol. The molecule has 0 aliphatic heterocycles. The fraction of sp³-hybridized carbons (Fsp3) is 0.889. The van der Waals surface area contributed by atoms with Crippen molar-refractivity contribution in [2.75, 3.05) is 26.4 Å². The largest absolute Gasteiger partial charge is 0.472 e. The van der Waals surface area contributed by atoms with Gasteiger partial charge in [0.1, 0.15) is 6.61 Å². The molecule has 2 unspecified atom stereocenters. The summed E-state index contributed by atoms with van der Waals surface area (Å²) in [7, 11) is -4.38. The molecule has 0 amide bonds. The van der Waals surface area contributed by atoms with E-state index in [-0.39, 0.29) is 38.6 Å². The minimum Gasteiger partial charge on any atom is -0.462 e. The minimum absolute atomic E-state index is 0.0544. The number of hydrogen-bond donors (Lipinski definition) is 2. The zero-order chi connectivity index (χ0) is 46.7. The van der Waals surface area contributed by atoms with Gasteiger partial charge in [0, 0.05) is 19.4 Å². The fourth-order valence-corrected chi connectivity index (χ4v) is 8.75. The molecule has 64 heavy (non-hydrogen) atoms. The lowest BCUT2D eigenvalue weighted by Gasteiger charge is -2.19. The number of ether oxygens (including phenoxy) is 2. The second-order valence-corrected chi connectivity index (χ2v) is 19.9. The van der Waals surface area contributed by atoms with E-state index in [0.717, 1.165) is 57.8 Å². The molecule has 0 bridgehead atoms. The number of nitrogens with two attached hydrogens (primary N) is 1. The molecule has 2 atom stereocenters. The summed E-state index contributed by atoms with van der Waals surface area (Å²) in [6.45, 7) is 3.69. The molecule has 0 saturated carbocycles. The topological polar surface area (TPSA) is 134 Å². The Balaban J connectivity index is 3.78. The lowest BCUT2D eigenvalue weighted by Crippen LogP contribution is -2.29. The molecule has 0 heterocycles. The highest BCUT2D eigenvalue weighted by atomic mass is 31.2. The van der Waals surface area contributed by atoms with Crippen molar-refractivity contribution in [1.29, 1.82) is 0 Å². The Labute approximate surface area is 395 Å². The van der Waals surface area contributed by atoms with E-state index < -0.39 is 26.5 Å². The van der Waals surface area contributed by atoms with Crippen molar-refractivity contribution >= 4 is 19.8 Å². The maximum Gasteiger partial charge on any atom is 0.472 e. The number of phosphoric ester groups is 1.